The highest BCUT2D eigenvalue weighted by molar-refractivity contribution is 7.99. The first-order valence-corrected chi connectivity index (χ1v) is 11.2. The molecule has 9 heteroatoms. The average molecular weight is 458 g/mol. The van der Waals surface area contributed by atoms with E-state index in [-0.39, 0.29) is 24.1 Å². The molecule has 0 aliphatic heterocycles. The van der Waals surface area contributed by atoms with Crippen molar-refractivity contribution in [3.8, 4) is 11.4 Å². The second-order valence-electron chi connectivity index (χ2n) is 6.92. The van der Waals surface area contributed by atoms with Gasteiger partial charge in [0.15, 0.2) is 11.0 Å². The molecule has 0 bridgehead atoms. The standard InChI is InChI=1S/C22H24ClN5O2S/c1-4-28-21(16-8-10-17(23)11-9-16)26-27-22(28)31-13-20(30)24-12-19(29)25-18-7-5-6-14(2)15(18)3/h5-11H,4,12-13H2,1-3H3,(H,24,30)(H,25,29). The SMILES string of the molecule is CCn1c(SCC(=O)NCC(=O)Nc2cccc(C)c2C)nnc1-c1ccc(Cl)cc1. The average Bonchev–Trinajstić information content (AvgIpc) is 3.17. The number of rotatable bonds is 8. The zero-order valence-electron chi connectivity index (χ0n) is 17.6. The number of anilines is 1. The van der Waals surface area contributed by atoms with Crippen molar-refractivity contribution < 1.29 is 9.59 Å². The maximum atomic E-state index is 12.2. The van der Waals surface area contributed by atoms with Crippen LogP contribution in [0.2, 0.25) is 5.02 Å². The molecule has 0 saturated heterocycles. The van der Waals surface area contributed by atoms with E-state index in [2.05, 4.69) is 20.8 Å². The minimum Gasteiger partial charge on any atom is -0.346 e. The van der Waals surface area contributed by atoms with Crippen molar-refractivity contribution in [2.24, 2.45) is 0 Å². The van der Waals surface area contributed by atoms with Crippen molar-refractivity contribution in [2.75, 3.05) is 17.6 Å². The molecule has 2 N–H and O–H groups in total. The molecule has 3 aromatic rings. The zero-order chi connectivity index (χ0) is 22.4. The van der Waals surface area contributed by atoms with Gasteiger partial charge in [0.2, 0.25) is 11.8 Å². The second-order valence-corrected chi connectivity index (χ2v) is 8.30. The van der Waals surface area contributed by atoms with Crippen LogP contribution in [0.1, 0.15) is 18.1 Å². The second kappa shape index (κ2) is 10.5. The Hall–Kier alpha value is -2.84. The third-order valence-electron chi connectivity index (χ3n) is 4.79. The number of hydrogen-bond donors (Lipinski definition) is 2. The maximum Gasteiger partial charge on any atom is 0.243 e. The lowest BCUT2D eigenvalue weighted by Gasteiger charge is -2.11. The molecule has 2 amide bonds. The third kappa shape index (κ3) is 5.86. The molecule has 7 nitrogen and oxygen atoms in total. The summed E-state index contributed by atoms with van der Waals surface area (Å²) in [7, 11) is 0. The minimum atomic E-state index is -0.270. The van der Waals surface area contributed by atoms with Crippen molar-refractivity contribution in [1.82, 2.24) is 20.1 Å². The predicted molar refractivity (Wildman–Crippen MR) is 124 cm³/mol. The number of carbonyl (C=O) groups excluding carboxylic acids is 2. The smallest absolute Gasteiger partial charge is 0.243 e. The molecular weight excluding hydrogens is 434 g/mol. The van der Waals surface area contributed by atoms with Gasteiger partial charge in [-0.15, -0.1) is 10.2 Å². The molecule has 0 atom stereocenters. The molecule has 3 rings (SSSR count). The number of aryl methyl sites for hydroxylation is 1. The number of halogens is 1. The van der Waals surface area contributed by atoms with Gasteiger partial charge in [0.05, 0.1) is 12.3 Å². The lowest BCUT2D eigenvalue weighted by molar-refractivity contribution is -0.122. The first kappa shape index (κ1) is 22.8. The van der Waals surface area contributed by atoms with Crippen LogP contribution in [0.5, 0.6) is 0 Å². The van der Waals surface area contributed by atoms with Crippen LogP contribution in [0.15, 0.2) is 47.6 Å². The summed E-state index contributed by atoms with van der Waals surface area (Å²) in [5.74, 6) is 0.332. The highest BCUT2D eigenvalue weighted by Gasteiger charge is 2.15. The maximum absolute atomic E-state index is 12.2. The number of carbonyl (C=O) groups is 2. The monoisotopic (exact) mass is 457 g/mol. The highest BCUT2D eigenvalue weighted by atomic mass is 35.5. The number of nitrogens with one attached hydrogen (secondary N) is 2. The Labute approximate surface area is 190 Å². The van der Waals surface area contributed by atoms with Gasteiger partial charge in [-0.25, -0.2) is 0 Å². The summed E-state index contributed by atoms with van der Waals surface area (Å²) in [6.45, 7) is 6.49. The van der Waals surface area contributed by atoms with Crippen LogP contribution < -0.4 is 10.6 Å². The minimum absolute atomic E-state index is 0.0940. The molecule has 0 saturated carbocycles. The quantitative estimate of drug-likeness (QED) is 0.497. The van der Waals surface area contributed by atoms with Crippen LogP contribution in [0.4, 0.5) is 5.69 Å². The molecular formula is C22H24ClN5O2S. The van der Waals surface area contributed by atoms with Gasteiger partial charge in [0.25, 0.3) is 0 Å². The van der Waals surface area contributed by atoms with Gasteiger partial charge in [-0.2, -0.15) is 0 Å². The molecule has 0 spiro atoms. The van der Waals surface area contributed by atoms with Gasteiger partial charge in [-0.3, -0.25) is 9.59 Å². The summed E-state index contributed by atoms with van der Waals surface area (Å²) in [6, 6.07) is 13.1. The van der Waals surface area contributed by atoms with Crippen LogP contribution in [0.3, 0.4) is 0 Å². The summed E-state index contributed by atoms with van der Waals surface area (Å²) in [4.78, 5) is 24.4. The van der Waals surface area contributed by atoms with E-state index in [0.29, 0.717) is 16.7 Å². The Morgan fingerprint density at radius 3 is 2.52 bits per heavy atom. The van der Waals surface area contributed by atoms with Crippen molar-refractivity contribution in [3.63, 3.8) is 0 Å². The number of amides is 2. The fraction of sp³-hybridized carbons (Fsp3) is 0.273. The van der Waals surface area contributed by atoms with E-state index in [1.54, 1.807) is 12.1 Å². The molecule has 31 heavy (non-hydrogen) atoms. The lowest BCUT2D eigenvalue weighted by atomic mass is 10.1. The summed E-state index contributed by atoms with van der Waals surface area (Å²) >= 11 is 7.23. The Balaban J connectivity index is 1.53. The topological polar surface area (TPSA) is 88.9 Å². The van der Waals surface area contributed by atoms with Crippen LogP contribution in [0, 0.1) is 13.8 Å². The van der Waals surface area contributed by atoms with E-state index in [0.717, 1.165) is 28.2 Å². The Bertz CT molecular complexity index is 1080. The predicted octanol–water partition coefficient (Wildman–Crippen LogP) is 4.08. The zero-order valence-corrected chi connectivity index (χ0v) is 19.2. The Morgan fingerprint density at radius 1 is 1.06 bits per heavy atom. The van der Waals surface area contributed by atoms with Crippen molar-refractivity contribution in [1.29, 1.82) is 0 Å². The number of thioether (sulfide) groups is 1. The summed E-state index contributed by atoms with van der Waals surface area (Å²) in [6.07, 6.45) is 0. The van der Waals surface area contributed by atoms with E-state index in [1.165, 1.54) is 11.8 Å². The van der Waals surface area contributed by atoms with E-state index >= 15 is 0 Å². The van der Waals surface area contributed by atoms with Crippen molar-refractivity contribution >= 4 is 40.9 Å². The first-order valence-electron chi connectivity index (χ1n) is 9.83. The number of aromatic nitrogens is 3. The Morgan fingerprint density at radius 2 is 1.81 bits per heavy atom. The highest BCUT2D eigenvalue weighted by Crippen LogP contribution is 2.25. The molecule has 1 heterocycles. The van der Waals surface area contributed by atoms with Crippen molar-refractivity contribution in [3.05, 3.63) is 58.6 Å². The normalized spacial score (nSPS) is 10.7. The van der Waals surface area contributed by atoms with Crippen LogP contribution in [-0.4, -0.2) is 38.9 Å². The van der Waals surface area contributed by atoms with E-state index < -0.39 is 0 Å². The van der Waals surface area contributed by atoms with Gasteiger partial charge < -0.3 is 15.2 Å². The van der Waals surface area contributed by atoms with Gasteiger partial charge in [0.1, 0.15) is 0 Å². The lowest BCUT2D eigenvalue weighted by Crippen LogP contribution is -2.34. The van der Waals surface area contributed by atoms with Crippen molar-refractivity contribution in [2.45, 2.75) is 32.5 Å². The third-order valence-corrected chi connectivity index (χ3v) is 6.01. The van der Waals surface area contributed by atoms with E-state index in [1.807, 2.05) is 55.7 Å². The fourth-order valence-electron chi connectivity index (χ4n) is 2.93. The number of nitrogens with zero attached hydrogens (tertiary/aromatic N) is 3. The summed E-state index contributed by atoms with van der Waals surface area (Å²) in [5.41, 5.74) is 3.75. The summed E-state index contributed by atoms with van der Waals surface area (Å²) in [5, 5.41) is 15.2. The van der Waals surface area contributed by atoms with Crippen LogP contribution in [-0.2, 0) is 16.1 Å². The number of benzene rings is 2. The molecule has 0 unspecified atom stereocenters. The van der Waals surface area contributed by atoms with Gasteiger partial charge in [-0.1, -0.05) is 35.5 Å². The molecule has 2 aromatic carbocycles. The molecule has 0 fully saturated rings. The summed E-state index contributed by atoms with van der Waals surface area (Å²) < 4.78 is 1.94. The fourth-order valence-corrected chi connectivity index (χ4v) is 3.89. The van der Waals surface area contributed by atoms with E-state index in [4.69, 9.17) is 11.6 Å². The first-order chi connectivity index (χ1) is 14.9. The van der Waals surface area contributed by atoms with Gasteiger partial charge >= 0.3 is 0 Å². The van der Waals surface area contributed by atoms with Gasteiger partial charge in [0, 0.05) is 22.8 Å². The largest absolute Gasteiger partial charge is 0.346 e. The van der Waals surface area contributed by atoms with E-state index in [9.17, 15) is 9.59 Å². The number of hydrogen-bond acceptors (Lipinski definition) is 5. The van der Waals surface area contributed by atoms with Crippen LogP contribution in [0.25, 0.3) is 11.4 Å². The van der Waals surface area contributed by atoms with Crippen LogP contribution >= 0.6 is 23.4 Å². The molecule has 0 aliphatic carbocycles. The molecule has 1 aromatic heterocycles. The van der Waals surface area contributed by atoms with Gasteiger partial charge in [-0.05, 0) is 62.2 Å². The molecule has 0 radical (unpaired) electrons. The molecule has 0 aliphatic rings. The Kier molecular flexibility index (Phi) is 7.70. The molecule has 162 valence electrons.